The van der Waals surface area contributed by atoms with Gasteiger partial charge in [0, 0.05) is 56.1 Å². The molecular formula is C35H39Cl3FN3O4. The Morgan fingerprint density at radius 2 is 1.70 bits per heavy atom. The van der Waals surface area contributed by atoms with Crippen molar-refractivity contribution in [3.8, 4) is 5.75 Å². The first-order valence-corrected chi connectivity index (χ1v) is 16.8. The number of morpholine rings is 1. The number of alkyl halides is 3. The van der Waals surface area contributed by atoms with E-state index >= 15 is 0 Å². The van der Waals surface area contributed by atoms with E-state index in [1.165, 1.54) is 24.3 Å². The zero-order valence-corrected chi connectivity index (χ0v) is 27.9. The predicted octanol–water partition coefficient (Wildman–Crippen LogP) is 7.14. The van der Waals surface area contributed by atoms with E-state index in [0.717, 1.165) is 57.7 Å². The minimum Gasteiger partial charge on any atom is -0.492 e. The minimum atomic E-state index is -2.09. The van der Waals surface area contributed by atoms with Gasteiger partial charge in [-0.05, 0) is 67.1 Å². The summed E-state index contributed by atoms with van der Waals surface area (Å²) in [6.07, 6.45) is 3.09. The van der Waals surface area contributed by atoms with Crippen LogP contribution in [0.1, 0.15) is 41.6 Å². The maximum absolute atomic E-state index is 14.0. The molecule has 2 fully saturated rings. The van der Waals surface area contributed by atoms with Crippen molar-refractivity contribution in [1.29, 1.82) is 0 Å². The molecule has 11 heteroatoms. The number of benzene rings is 3. The number of halogens is 4. The van der Waals surface area contributed by atoms with Crippen LogP contribution in [-0.4, -0.2) is 77.4 Å². The van der Waals surface area contributed by atoms with Crippen LogP contribution < -0.4 is 9.64 Å². The maximum atomic E-state index is 14.0. The van der Waals surface area contributed by atoms with Crippen LogP contribution in [0.2, 0.25) is 0 Å². The lowest BCUT2D eigenvalue weighted by molar-refractivity contribution is -0.134. The second-order valence-electron chi connectivity index (χ2n) is 11.8. The number of ether oxygens (including phenoxy) is 2. The number of carbonyl (C=O) groups is 2. The molecular weight excluding hydrogens is 652 g/mol. The molecule has 2 aliphatic rings. The smallest absolute Gasteiger partial charge is 0.275 e. The molecule has 2 amide bonds. The van der Waals surface area contributed by atoms with E-state index in [1.54, 1.807) is 9.80 Å². The van der Waals surface area contributed by atoms with Gasteiger partial charge in [0.15, 0.2) is 0 Å². The summed E-state index contributed by atoms with van der Waals surface area (Å²) >= 11 is 18.4. The Hall–Kier alpha value is -2.88. The molecule has 5 rings (SSSR count). The number of hydrogen-bond donors (Lipinski definition) is 0. The topological polar surface area (TPSA) is 62.3 Å². The minimum absolute atomic E-state index is 0.0514. The molecule has 1 heterocycles. The first kappa shape index (κ1) is 34.5. The lowest BCUT2D eigenvalue weighted by atomic mass is 9.84. The summed E-state index contributed by atoms with van der Waals surface area (Å²) in [5.74, 6) is -0.507. The number of nitrogens with zero attached hydrogens (tertiary/aromatic N) is 3. The molecule has 2 atom stereocenters. The van der Waals surface area contributed by atoms with E-state index in [-0.39, 0.29) is 17.9 Å². The number of carbonyl (C=O) groups excluding carboxylic acids is 2. The second-order valence-corrected chi connectivity index (χ2v) is 14.1. The van der Waals surface area contributed by atoms with Crippen LogP contribution in [-0.2, 0) is 16.1 Å². The Morgan fingerprint density at radius 1 is 0.957 bits per heavy atom. The largest absolute Gasteiger partial charge is 0.492 e. The highest BCUT2D eigenvalue weighted by molar-refractivity contribution is 6.76. The third-order valence-electron chi connectivity index (χ3n) is 8.58. The quantitative estimate of drug-likeness (QED) is 0.200. The molecule has 0 spiro atoms. The lowest BCUT2D eigenvalue weighted by Gasteiger charge is -2.40. The third-order valence-corrected chi connectivity index (χ3v) is 9.07. The summed E-state index contributed by atoms with van der Waals surface area (Å²) < 4.78 is 23.2. The molecule has 1 saturated carbocycles. The molecule has 1 aliphatic heterocycles. The fourth-order valence-corrected chi connectivity index (χ4v) is 6.52. The van der Waals surface area contributed by atoms with Gasteiger partial charge < -0.3 is 19.3 Å². The Kier molecular flexibility index (Phi) is 12.2. The van der Waals surface area contributed by atoms with Crippen LogP contribution in [0.5, 0.6) is 5.75 Å². The first-order chi connectivity index (χ1) is 22.2. The molecule has 0 aromatic heterocycles. The predicted molar refractivity (Wildman–Crippen MR) is 180 cm³/mol. The van der Waals surface area contributed by atoms with Crippen molar-refractivity contribution in [3.05, 3.63) is 95.8 Å². The monoisotopic (exact) mass is 689 g/mol. The molecule has 0 radical (unpaired) electrons. The lowest BCUT2D eigenvalue weighted by Crippen LogP contribution is -2.48. The Labute approximate surface area is 285 Å². The summed E-state index contributed by atoms with van der Waals surface area (Å²) in [6.45, 7) is 5.19. The molecule has 1 aliphatic carbocycles. The molecule has 0 bridgehead atoms. The van der Waals surface area contributed by atoms with Crippen molar-refractivity contribution in [2.24, 2.45) is 5.92 Å². The van der Waals surface area contributed by atoms with Gasteiger partial charge in [-0.25, -0.2) is 4.39 Å². The Morgan fingerprint density at radius 3 is 2.41 bits per heavy atom. The van der Waals surface area contributed by atoms with Crippen LogP contribution in [0.4, 0.5) is 10.1 Å². The first-order valence-electron chi connectivity index (χ1n) is 15.7. The fraction of sp³-hybridized carbons (Fsp3) is 0.429. The van der Waals surface area contributed by atoms with Crippen molar-refractivity contribution < 1.29 is 23.5 Å². The van der Waals surface area contributed by atoms with E-state index in [9.17, 15) is 14.0 Å². The molecule has 3 aromatic carbocycles. The number of amides is 2. The van der Waals surface area contributed by atoms with Gasteiger partial charge in [0.25, 0.3) is 15.6 Å². The summed E-state index contributed by atoms with van der Waals surface area (Å²) in [5, 5.41) is 0. The van der Waals surface area contributed by atoms with Crippen molar-refractivity contribution in [1.82, 2.24) is 9.80 Å². The van der Waals surface area contributed by atoms with Crippen molar-refractivity contribution in [2.75, 3.05) is 50.9 Å². The van der Waals surface area contributed by atoms with Gasteiger partial charge in [-0.1, -0.05) is 77.6 Å². The fourth-order valence-electron chi connectivity index (χ4n) is 6.19. The van der Waals surface area contributed by atoms with Gasteiger partial charge in [-0.3, -0.25) is 14.5 Å². The maximum Gasteiger partial charge on any atom is 0.275 e. The molecule has 1 saturated heterocycles. The van der Waals surface area contributed by atoms with E-state index < -0.39 is 15.5 Å². The number of hydrogen-bond acceptors (Lipinski definition) is 5. The normalized spacial score (nSPS) is 19.0. The second kappa shape index (κ2) is 16.3. The summed E-state index contributed by atoms with van der Waals surface area (Å²) in [4.78, 5) is 33.1. The van der Waals surface area contributed by atoms with Gasteiger partial charge >= 0.3 is 0 Å². The highest BCUT2D eigenvalue weighted by atomic mass is 35.6. The molecule has 7 nitrogen and oxygen atoms in total. The molecule has 3 aromatic rings. The molecule has 46 heavy (non-hydrogen) atoms. The van der Waals surface area contributed by atoms with Gasteiger partial charge in [0.2, 0.25) is 0 Å². The highest BCUT2D eigenvalue weighted by Gasteiger charge is 2.40. The van der Waals surface area contributed by atoms with Crippen LogP contribution in [0.25, 0.3) is 0 Å². The van der Waals surface area contributed by atoms with Gasteiger partial charge in [0.05, 0.1) is 13.2 Å². The van der Waals surface area contributed by atoms with Crippen LogP contribution in [0, 0.1) is 11.7 Å². The number of anilines is 1. The van der Waals surface area contributed by atoms with Crippen LogP contribution in [0.3, 0.4) is 0 Å². The SMILES string of the molecule is O=C(c1ccc(F)cc1)N(CC1CCCC(N(Cc2ccccc2)C(=O)C(Cl)(Cl)Cl)C1)c1cccc(OCCN2CCOCC2)c1. The zero-order valence-electron chi connectivity index (χ0n) is 25.6. The van der Waals surface area contributed by atoms with Crippen LogP contribution >= 0.6 is 34.8 Å². The Balaban J connectivity index is 1.35. The molecule has 2 unspecified atom stereocenters. The highest BCUT2D eigenvalue weighted by Crippen LogP contribution is 2.36. The summed E-state index contributed by atoms with van der Waals surface area (Å²) in [6, 6.07) is 22.5. The molecule has 0 N–H and O–H groups in total. The third kappa shape index (κ3) is 9.58. The van der Waals surface area contributed by atoms with Gasteiger partial charge in [0.1, 0.15) is 18.2 Å². The summed E-state index contributed by atoms with van der Waals surface area (Å²) in [7, 11) is 0. The van der Waals surface area contributed by atoms with E-state index in [2.05, 4.69) is 4.90 Å². The zero-order chi connectivity index (χ0) is 32.5. The summed E-state index contributed by atoms with van der Waals surface area (Å²) in [5.41, 5.74) is 1.99. The van der Waals surface area contributed by atoms with Crippen molar-refractivity contribution >= 4 is 52.3 Å². The standard InChI is InChI=1S/C35H39Cl3FN3O4/c36-35(37,38)34(44)42(24-26-6-2-1-3-7-26)30-9-4-8-27(22-30)25-41(33(43)28-12-14-29(39)15-13-28)31-10-5-11-32(23-31)46-21-18-40-16-19-45-20-17-40/h1-3,5-7,10-15,23,27,30H,4,8-9,16-22,24-25H2. The average Bonchev–Trinajstić information content (AvgIpc) is 3.07. The van der Waals surface area contributed by atoms with E-state index in [1.807, 2.05) is 54.6 Å². The van der Waals surface area contributed by atoms with Crippen LogP contribution in [0.15, 0.2) is 78.9 Å². The number of rotatable bonds is 11. The van der Waals surface area contributed by atoms with Gasteiger partial charge in [-0.15, -0.1) is 0 Å². The van der Waals surface area contributed by atoms with Crippen molar-refractivity contribution in [3.63, 3.8) is 0 Å². The Bertz CT molecular complexity index is 1440. The van der Waals surface area contributed by atoms with Crippen molar-refractivity contribution in [2.45, 2.75) is 42.1 Å². The molecule has 246 valence electrons. The van der Waals surface area contributed by atoms with Gasteiger partial charge in [-0.2, -0.15) is 0 Å². The van der Waals surface area contributed by atoms with E-state index in [0.29, 0.717) is 43.1 Å². The van der Waals surface area contributed by atoms with E-state index in [4.69, 9.17) is 44.3 Å². The average molecular weight is 691 g/mol.